The number of hydrogen-bond acceptors (Lipinski definition) is 3. The van der Waals surface area contributed by atoms with Gasteiger partial charge in [0.2, 0.25) is 0 Å². The number of carboxylic acid groups (broad SMARTS) is 1. The van der Waals surface area contributed by atoms with Crippen molar-refractivity contribution in [1.82, 2.24) is 0 Å². The molecule has 0 radical (unpaired) electrons. The third kappa shape index (κ3) is 3.61. The van der Waals surface area contributed by atoms with Crippen LogP contribution in [0.25, 0.3) is 0 Å². The Morgan fingerprint density at radius 3 is 2.74 bits per heavy atom. The van der Waals surface area contributed by atoms with Gasteiger partial charge in [-0.25, -0.2) is 4.79 Å². The van der Waals surface area contributed by atoms with E-state index in [0.29, 0.717) is 10.8 Å². The van der Waals surface area contributed by atoms with E-state index in [1.165, 1.54) is 12.1 Å². The lowest BCUT2D eigenvalue weighted by Gasteiger charge is -2.29. The normalized spacial score (nSPS) is 23.1. The van der Waals surface area contributed by atoms with E-state index < -0.39 is 5.97 Å². The van der Waals surface area contributed by atoms with Crippen LogP contribution in [0.1, 0.15) is 36.0 Å². The predicted molar refractivity (Wildman–Crippen MR) is 72.1 cm³/mol. The zero-order valence-corrected chi connectivity index (χ0v) is 11.5. The molecule has 1 N–H and O–H groups in total. The van der Waals surface area contributed by atoms with Gasteiger partial charge in [0, 0.05) is 13.5 Å². The van der Waals surface area contributed by atoms with E-state index in [1.807, 2.05) is 0 Å². The molecule has 0 aromatic heterocycles. The standard InChI is InChI=1S/C14H17ClO4/c1-18-10-3-2-4-11(8-10)19-13-6-5-9(14(16)17)7-12(13)15/h5-7,10-11H,2-4,8H2,1H3,(H,16,17). The molecule has 104 valence electrons. The zero-order chi connectivity index (χ0) is 13.8. The minimum atomic E-state index is -0.995. The van der Waals surface area contributed by atoms with E-state index in [4.69, 9.17) is 26.2 Å². The molecule has 1 aliphatic carbocycles. The van der Waals surface area contributed by atoms with Gasteiger partial charge in [-0.3, -0.25) is 0 Å². The van der Waals surface area contributed by atoms with Gasteiger partial charge in [0.15, 0.2) is 0 Å². The molecule has 1 saturated carbocycles. The molecule has 1 aromatic rings. The molecule has 5 heteroatoms. The van der Waals surface area contributed by atoms with Gasteiger partial charge >= 0.3 is 5.97 Å². The molecule has 2 rings (SSSR count). The van der Waals surface area contributed by atoms with Crippen molar-refractivity contribution in [1.29, 1.82) is 0 Å². The highest BCUT2D eigenvalue weighted by Crippen LogP contribution is 2.30. The molecule has 0 amide bonds. The first-order valence-electron chi connectivity index (χ1n) is 6.32. The lowest BCUT2D eigenvalue weighted by Crippen LogP contribution is -2.29. The Balaban J connectivity index is 2.04. The van der Waals surface area contributed by atoms with Crippen LogP contribution in [0.15, 0.2) is 18.2 Å². The Bertz CT molecular complexity index is 461. The molecule has 4 nitrogen and oxygen atoms in total. The molecule has 0 heterocycles. The van der Waals surface area contributed by atoms with E-state index in [2.05, 4.69) is 0 Å². The van der Waals surface area contributed by atoms with Crippen molar-refractivity contribution in [2.75, 3.05) is 7.11 Å². The fourth-order valence-electron chi connectivity index (χ4n) is 2.33. The van der Waals surface area contributed by atoms with Gasteiger partial charge in [-0.15, -0.1) is 0 Å². The maximum atomic E-state index is 10.8. The first-order chi connectivity index (χ1) is 9.10. The van der Waals surface area contributed by atoms with E-state index in [1.54, 1.807) is 13.2 Å². The summed E-state index contributed by atoms with van der Waals surface area (Å²) in [4.78, 5) is 10.8. The van der Waals surface area contributed by atoms with Gasteiger partial charge < -0.3 is 14.6 Å². The molecule has 1 aliphatic rings. The highest BCUT2D eigenvalue weighted by atomic mass is 35.5. The maximum Gasteiger partial charge on any atom is 0.335 e. The van der Waals surface area contributed by atoms with Gasteiger partial charge in [-0.1, -0.05) is 11.6 Å². The Kier molecular flexibility index (Phi) is 4.66. The first kappa shape index (κ1) is 14.2. The Labute approximate surface area is 117 Å². The fraction of sp³-hybridized carbons (Fsp3) is 0.500. The van der Waals surface area contributed by atoms with Crippen LogP contribution in [0.2, 0.25) is 5.02 Å². The van der Waals surface area contributed by atoms with Gasteiger partial charge in [0.1, 0.15) is 11.9 Å². The molecule has 19 heavy (non-hydrogen) atoms. The van der Waals surface area contributed by atoms with E-state index >= 15 is 0 Å². The summed E-state index contributed by atoms with van der Waals surface area (Å²) < 4.78 is 11.2. The monoisotopic (exact) mass is 284 g/mol. The minimum Gasteiger partial charge on any atom is -0.489 e. The molecule has 0 aliphatic heterocycles. The Hall–Kier alpha value is -1.26. The SMILES string of the molecule is COC1CCCC(Oc2ccc(C(=O)O)cc2Cl)C1. The number of aromatic carboxylic acids is 1. The van der Waals surface area contributed by atoms with Gasteiger partial charge in [0.25, 0.3) is 0 Å². The second-order valence-electron chi connectivity index (χ2n) is 4.71. The molecule has 0 spiro atoms. The van der Waals surface area contributed by atoms with Gasteiger partial charge in [-0.05, 0) is 37.5 Å². The smallest absolute Gasteiger partial charge is 0.335 e. The summed E-state index contributed by atoms with van der Waals surface area (Å²) in [7, 11) is 1.71. The van der Waals surface area contributed by atoms with Crippen LogP contribution >= 0.6 is 11.6 Å². The first-order valence-corrected chi connectivity index (χ1v) is 6.70. The average molecular weight is 285 g/mol. The van der Waals surface area contributed by atoms with Crippen LogP contribution in [0.3, 0.4) is 0 Å². The number of carbonyl (C=O) groups is 1. The Morgan fingerprint density at radius 1 is 1.37 bits per heavy atom. The van der Waals surface area contributed by atoms with Crippen molar-refractivity contribution >= 4 is 17.6 Å². The number of benzene rings is 1. The van der Waals surface area contributed by atoms with Crippen LogP contribution in [0.5, 0.6) is 5.75 Å². The molecular formula is C14H17ClO4. The number of halogens is 1. The molecule has 0 bridgehead atoms. The second-order valence-corrected chi connectivity index (χ2v) is 5.12. The van der Waals surface area contributed by atoms with Crippen molar-refractivity contribution in [2.24, 2.45) is 0 Å². The minimum absolute atomic E-state index is 0.0758. The second kappa shape index (κ2) is 6.26. The van der Waals surface area contributed by atoms with Crippen molar-refractivity contribution in [3.63, 3.8) is 0 Å². The number of ether oxygens (including phenoxy) is 2. The van der Waals surface area contributed by atoms with Crippen molar-refractivity contribution < 1.29 is 19.4 Å². The number of rotatable bonds is 4. The largest absolute Gasteiger partial charge is 0.489 e. The summed E-state index contributed by atoms with van der Waals surface area (Å²) in [6.07, 6.45) is 4.24. The third-order valence-corrected chi connectivity index (χ3v) is 3.68. The van der Waals surface area contributed by atoms with Gasteiger partial charge in [0.05, 0.1) is 16.7 Å². The molecule has 1 fully saturated rings. The predicted octanol–water partition coefficient (Wildman–Crippen LogP) is 3.37. The summed E-state index contributed by atoms with van der Waals surface area (Å²) in [6.45, 7) is 0. The van der Waals surface area contributed by atoms with Gasteiger partial charge in [-0.2, -0.15) is 0 Å². The summed E-state index contributed by atoms with van der Waals surface area (Å²) >= 11 is 6.04. The number of carboxylic acids is 1. The van der Waals surface area contributed by atoms with E-state index in [9.17, 15) is 4.79 Å². The van der Waals surface area contributed by atoms with Crippen molar-refractivity contribution in [2.45, 2.75) is 37.9 Å². The molecule has 2 atom stereocenters. The van der Waals surface area contributed by atoms with Crippen molar-refractivity contribution in [3.8, 4) is 5.75 Å². The van der Waals surface area contributed by atoms with Crippen LogP contribution in [0, 0.1) is 0 Å². The topological polar surface area (TPSA) is 55.8 Å². The quantitative estimate of drug-likeness (QED) is 0.921. The summed E-state index contributed by atoms with van der Waals surface area (Å²) in [6, 6.07) is 4.53. The van der Waals surface area contributed by atoms with Crippen LogP contribution in [0.4, 0.5) is 0 Å². The fourth-order valence-corrected chi connectivity index (χ4v) is 2.56. The maximum absolute atomic E-state index is 10.8. The summed E-state index contributed by atoms with van der Waals surface area (Å²) in [5.41, 5.74) is 0.163. The van der Waals surface area contributed by atoms with Crippen molar-refractivity contribution in [3.05, 3.63) is 28.8 Å². The molecule has 1 aromatic carbocycles. The lowest BCUT2D eigenvalue weighted by molar-refractivity contribution is 0.0210. The van der Waals surface area contributed by atoms with Crippen LogP contribution in [-0.2, 0) is 4.74 Å². The zero-order valence-electron chi connectivity index (χ0n) is 10.8. The van der Waals surface area contributed by atoms with Crippen LogP contribution in [-0.4, -0.2) is 30.4 Å². The Morgan fingerprint density at radius 2 is 2.11 bits per heavy atom. The van der Waals surface area contributed by atoms with E-state index in [0.717, 1.165) is 25.7 Å². The molecular weight excluding hydrogens is 268 g/mol. The number of methoxy groups -OCH3 is 1. The van der Waals surface area contributed by atoms with Crippen LogP contribution < -0.4 is 4.74 Å². The summed E-state index contributed by atoms with van der Waals surface area (Å²) in [5, 5.41) is 9.21. The van der Waals surface area contributed by atoms with E-state index in [-0.39, 0.29) is 17.8 Å². The number of hydrogen-bond donors (Lipinski definition) is 1. The average Bonchev–Trinajstić information content (AvgIpc) is 2.41. The molecule has 2 unspecified atom stereocenters. The highest BCUT2D eigenvalue weighted by molar-refractivity contribution is 6.32. The highest BCUT2D eigenvalue weighted by Gasteiger charge is 2.23. The summed E-state index contributed by atoms with van der Waals surface area (Å²) in [5.74, 6) is -0.459. The lowest BCUT2D eigenvalue weighted by atomic mass is 9.95. The third-order valence-electron chi connectivity index (χ3n) is 3.38. The molecule has 0 saturated heterocycles.